The van der Waals surface area contributed by atoms with Gasteiger partial charge in [0.1, 0.15) is 13.2 Å². The first-order chi connectivity index (χ1) is 12.7. The lowest BCUT2D eigenvalue weighted by Gasteiger charge is -2.31. The zero-order valence-corrected chi connectivity index (χ0v) is 15.0. The molecule has 0 spiro atoms. The van der Waals surface area contributed by atoms with Crippen LogP contribution < -0.4 is 24.6 Å². The van der Waals surface area contributed by atoms with Gasteiger partial charge in [-0.1, -0.05) is 0 Å². The largest absolute Gasteiger partial charge is 0.486 e. The second-order valence-corrected chi connectivity index (χ2v) is 6.80. The average molecular weight is 354 g/mol. The monoisotopic (exact) mass is 354 g/mol. The average Bonchev–Trinajstić information content (AvgIpc) is 2.69. The number of ether oxygens (including phenoxy) is 2. The van der Waals surface area contributed by atoms with Crippen LogP contribution in [0.1, 0.15) is 10.4 Å². The minimum absolute atomic E-state index is 0.155. The van der Waals surface area contributed by atoms with E-state index < -0.39 is 0 Å². The number of piperazine rings is 1. The Morgan fingerprint density at radius 1 is 1.00 bits per heavy atom. The van der Waals surface area contributed by atoms with Gasteiger partial charge in [0.2, 0.25) is 0 Å². The standard InChI is InChI=1S/C20H23N3O3/c1-22-8-10-23(11-9-22)17-5-3-16(4-6-17)21-20(24)15-2-7-18-19(14-15)26-13-12-25-18/h2-7,14H,8-13H2,1H3,(H,21,24)/p+1. The van der Waals surface area contributed by atoms with E-state index in [9.17, 15) is 4.79 Å². The lowest BCUT2D eigenvalue weighted by molar-refractivity contribution is -0.880. The molecular weight excluding hydrogens is 330 g/mol. The van der Waals surface area contributed by atoms with Gasteiger partial charge in [-0.3, -0.25) is 4.79 Å². The lowest BCUT2D eigenvalue weighted by atomic mass is 10.1. The second kappa shape index (κ2) is 7.25. The second-order valence-electron chi connectivity index (χ2n) is 6.80. The van der Waals surface area contributed by atoms with E-state index in [-0.39, 0.29) is 5.91 Å². The van der Waals surface area contributed by atoms with E-state index >= 15 is 0 Å². The Bertz CT molecular complexity index is 783. The highest BCUT2D eigenvalue weighted by molar-refractivity contribution is 6.04. The first kappa shape index (κ1) is 16.7. The summed E-state index contributed by atoms with van der Waals surface area (Å²) in [6.07, 6.45) is 0. The first-order valence-corrected chi connectivity index (χ1v) is 9.06. The molecule has 0 radical (unpaired) electrons. The van der Waals surface area contributed by atoms with E-state index in [1.165, 1.54) is 5.69 Å². The number of carbonyl (C=O) groups excluding carboxylic acids is 1. The molecule has 0 aromatic heterocycles. The molecule has 2 aliphatic heterocycles. The summed E-state index contributed by atoms with van der Waals surface area (Å²) in [7, 11) is 2.23. The Balaban J connectivity index is 1.41. The number of likely N-dealkylation sites (N-methyl/N-ethyl adjacent to an activating group) is 1. The van der Waals surface area contributed by atoms with Crippen molar-refractivity contribution in [1.82, 2.24) is 0 Å². The predicted molar refractivity (Wildman–Crippen MR) is 101 cm³/mol. The third-order valence-corrected chi connectivity index (χ3v) is 4.91. The van der Waals surface area contributed by atoms with Crippen LogP contribution in [-0.4, -0.2) is 52.3 Å². The fourth-order valence-electron chi connectivity index (χ4n) is 3.29. The third kappa shape index (κ3) is 3.60. The molecular formula is C20H24N3O3+. The molecule has 26 heavy (non-hydrogen) atoms. The number of nitrogens with zero attached hydrogens (tertiary/aromatic N) is 1. The van der Waals surface area contributed by atoms with Crippen LogP contribution in [0.2, 0.25) is 0 Å². The third-order valence-electron chi connectivity index (χ3n) is 4.91. The Morgan fingerprint density at radius 2 is 1.69 bits per heavy atom. The van der Waals surface area contributed by atoms with E-state index in [0.717, 1.165) is 31.9 Å². The lowest BCUT2D eigenvalue weighted by Crippen LogP contribution is -3.12. The van der Waals surface area contributed by atoms with Gasteiger partial charge in [-0.25, -0.2) is 0 Å². The molecule has 0 atom stereocenters. The number of amides is 1. The van der Waals surface area contributed by atoms with Crippen molar-refractivity contribution in [2.45, 2.75) is 0 Å². The van der Waals surface area contributed by atoms with E-state index in [1.807, 2.05) is 12.1 Å². The summed E-state index contributed by atoms with van der Waals surface area (Å²) >= 11 is 0. The van der Waals surface area contributed by atoms with Crippen LogP contribution in [0.4, 0.5) is 11.4 Å². The molecule has 4 rings (SSSR count). The zero-order valence-electron chi connectivity index (χ0n) is 15.0. The van der Waals surface area contributed by atoms with Crippen molar-refractivity contribution in [2.75, 3.05) is 56.7 Å². The van der Waals surface area contributed by atoms with E-state index in [2.05, 4.69) is 29.4 Å². The molecule has 136 valence electrons. The van der Waals surface area contributed by atoms with Crippen molar-refractivity contribution < 1.29 is 19.2 Å². The van der Waals surface area contributed by atoms with E-state index in [4.69, 9.17) is 9.47 Å². The molecule has 2 aromatic rings. The van der Waals surface area contributed by atoms with Crippen LogP contribution in [0, 0.1) is 0 Å². The summed E-state index contributed by atoms with van der Waals surface area (Å²) < 4.78 is 11.0. The molecule has 2 heterocycles. The van der Waals surface area contributed by atoms with Crippen molar-refractivity contribution in [3.63, 3.8) is 0 Å². The van der Waals surface area contributed by atoms with Gasteiger partial charge in [0.25, 0.3) is 5.91 Å². The number of carbonyl (C=O) groups is 1. The molecule has 0 unspecified atom stereocenters. The van der Waals surface area contributed by atoms with Gasteiger partial charge in [-0.15, -0.1) is 0 Å². The predicted octanol–water partition coefficient (Wildman–Crippen LogP) is 1.04. The van der Waals surface area contributed by atoms with Crippen LogP contribution in [0.15, 0.2) is 42.5 Å². The number of hydrogen-bond donors (Lipinski definition) is 2. The number of fused-ring (bicyclic) bond motifs is 1. The Kier molecular flexibility index (Phi) is 4.67. The molecule has 6 heteroatoms. The van der Waals surface area contributed by atoms with Gasteiger partial charge >= 0.3 is 0 Å². The van der Waals surface area contributed by atoms with Crippen LogP contribution >= 0.6 is 0 Å². The smallest absolute Gasteiger partial charge is 0.255 e. The first-order valence-electron chi connectivity index (χ1n) is 9.06. The van der Waals surface area contributed by atoms with Gasteiger partial charge < -0.3 is 24.6 Å². The summed E-state index contributed by atoms with van der Waals surface area (Å²) in [4.78, 5) is 16.5. The normalized spacial score (nSPS) is 17.0. The molecule has 0 bridgehead atoms. The molecule has 1 amide bonds. The molecule has 2 aliphatic rings. The number of hydrogen-bond acceptors (Lipinski definition) is 4. The van der Waals surface area contributed by atoms with Gasteiger partial charge in [0.05, 0.1) is 33.2 Å². The van der Waals surface area contributed by atoms with Crippen LogP contribution in [0.3, 0.4) is 0 Å². The highest BCUT2D eigenvalue weighted by Gasteiger charge is 2.17. The minimum Gasteiger partial charge on any atom is -0.486 e. The fraction of sp³-hybridized carbons (Fsp3) is 0.350. The van der Waals surface area contributed by atoms with Crippen LogP contribution in [0.25, 0.3) is 0 Å². The van der Waals surface area contributed by atoms with Crippen molar-refractivity contribution in [2.24, 2.45) is 0 Å². The van der Waals surface area contributed by atoms with E-state index in [0.29, 0.717) is 30.3 Å². The highest BCUT2D eigenvalue weighted by Crippen LogP contribution is 2.31. The molecule has 0 saturated carbocycles. The quantitative estimate of drug-likeness (QED) is 0.865. The van der Waals surface area contributed by atoms with Crippen molar-refractivity contribution in [3.05, 3.63) is 48.0 Å². The summed E-state index contributed by atoms with van der Waals surface area (Å²) in [5.74, 6) is 1.15. The van der Waals surface area contributed by atoms with Crippen molar-refractivity contribution >= 4 is 17.3 Å². The summed E-state index contributed by atoms with van der Waals surface area (Å²) in [6, 6.07) is 13.3. The Morgan fingerprint density at radius 3 is 2.42 bits per heavy atom. The maximum absolute atomic E-state index is 12.5. The molecule has 2 aromatic carbocycles. The maximum Gasteiger partial charge on any atom is 0.255 e. The SMILES string of the molecule is C[NH+]1CCN(c2ccc(NC(=O)c3ccc4c(c3)OCCO4)cc2)CC1. The van der Waals surface area contributed by atoms with Gasteiger partial charge in [0.15, 0.2) is 11.5 Å². The zero-order chi connectivity index (χ0) is 17.9. The van der Waals surface area contributed by atoms with Crippen molar-refractivity contribution in [3.8, 4) is 11.5 Å². The Labute approximate surface area is 153 Å². The highest BCUT2D eigenvalue weighted by atomic mass is 16.6. The Hall–Kier alpha value is -2.73. The van der Waals surface area contributed by atoms with Crippen LogP contribution in [0.5, 0.6) is 11.5 Å². The van der Waals surface area contributed by atoms with Gasteiger partial charge in [-0.05, 0) is 42.5 Å². The fourth-order valence-corrected chi connectivity index (χ4v) is 3.29. The summed E-state index contributed by atoms with van der Waals surface area (Å²) in [6.45, 7) is 5.49. The number of nitrogens with one attached hydrogen (secondary N) is 2. The number of benzene rings is 2. The number of anilines is 2. The summed E-state index contributed by atoms with van der Waals surface area (Å²) in [5.41, 5.74) is 2.54. The number of rotatable bonds is 3. The molecule has 1 saturated heterocycles. The molecule has 0 aliphatic carbocycles. The van der Waals surface area contributed by atoms with Gasteiger partial charge in [0, 0.05) is 16.9 Å². The van der Waals surface area contributed by atoms with Crippen LogP contribution in [-0.2, 0) is 0 Å². The molecule has 1 fully saturated rings. The minimum atomic E-state index is -0.155. The maximum atomic E-state index is 12.5. The van der Waals surface area contributed by atoms with Crippen molar-refractivity contribution in [1.29, 1.82) is 0 Å². The topological polar surface area (TPSA) is 55.2 Å². The molecule has 2 N–H and O–H groups in total. The van der Waals surface area contributed by atoms with E-state index in [1.54, 1.807) is 23.1 Å². The number of quaternary nitrogens is 1. The molecule has 6 nitrogen and oxygen atoms in total. The summed E-state index contributed by atoms with van der Waals surface area (Å²) in [5, 5.41) is 2.94. The van der Waals surface area contributed by atoms with Gasteiger partial charge in [-0.2, -0.15) is 0 Å².